The number of nitrogens with two attached hydrogens (primary N) is 1. The highest BCUT2D eigenvalue weighted by molar-refractivity contribution is 6.04. The van der Waals surface area contributed by atoms with Gasteiger partial charge in [-0.2, -0.15) is 13.2 Å². The number of methoxy groups -OCH3 is 1. The smallest absolute Gasteiger partial charge is 0.382 e. The van der Waals surface area contributed by atoms with Crippen LogP contribution in [0.4, 0.5) is 18.9 Å². The van der Waals surface area contributed by atoms with E-state index in [0.717, 1.165) is 49.1 Å². The van der Waals surface area contributed by atoms with Crippen LogP contribution in [0.2, 0.25) is 0 Å². The van der Waals surface area contributed by atoms with Gasteiger partial charge in [-0.15, -0.1) is 0 Å². The lowest BCUT2D eigenvalue weighted by Gasteiger charge is -2.30. The molecule has 2 aromatic heterocycles. The van der Waals surface area contributed by atoms with Crippen molar-refractivity contribution >= 4 is 28.7 Å². The molecule has 1 atom stereocenters. The standard InChI is InChI=1S/C29H38F3N5O2.CH3NO/c1-20(15-23-9-14-36(18-23)17-21(2)38-5)39-34-22(3)28-16-25-26(33-24-10-12-35(4)13-11-24)7-6-8-27(25)37(28)19-29(30,31)32;2-1-3/h6-9,14,16,18,21,24,33H,1,10-13,15,17,19H2,2-5H3;1H,(H2,2,3)/b34-22+;. The Kier molecular flexibility index (Phi) is 11.6. The van der Waals surface area contributed by atoms with Gasteiger partial charge < -0.3 is 34.7 Å². The Balaban J connectivity index is 0.00000155. The molecular weight excluding hydrogens is 549 g/mol. The lowest BCUT2D eigenvalue weighted by molar-refractivity contribution is -0.140. The summed E-state index contributed by atoms with van der Waals surface area (Å²) in [5.41, 5.74) is 7.18. The zero-order chi connectivity index (χ0) is 30.9. The summed E-state index contributed by atoms with van der Waals surface area (Å²) in [4.78, 5) is 16.4. The van der Waals surface area contributed by atoms with Crippen molar-refractivity contribution in [1.29, 1.82) is 0 Å². The van der Waals surface area contributed by atoms with Crippen LogP contribution in [0.5, 0.6) is 0 Å². The number of halogens is 3. The summed E-state index contributed by atoms with van der Waals surface area (Å²) in [7, 11) is 3.77. The Morgan fingerprint density at radius 3 is 2.62 bits per heavy atom. The van der Waals surface area contributed by atoms with Crippen LogP contribution in [0.3, 0.4) is 0 Å². The number of piperidine rings is 1. The molecule has 0 aliphatic carbocycles. The minimum atomic E-state index is -4.39. The number of ether oxygens (including phenoxy) is 1. The van der Waals surface area contributed by atoms with Gasteiger partial charge in [0.25, 0.3) is 0 Å². The third-order valence-corrected chi connectivity index (χ3v) is 7.13. The third-order valence-electron chi connectivity index (χ3n) is 7.13. The van der Waals surface area contributed by atoms with Crippen LogP contribution in [0.25, 0.3) is 10.9 Å². The van der Waals surface area contributed by atoms with Crippen molar-refractivity contribution in [1.82, 2.24) is 14.0 Å². The number of nitrogens with zero attached hydrogens (tertiary/aromatic N) is 4. The van der Waals surface area contributed by atoms with Crippen molar-refractivity contribution < 1.29 is 27.5 Å². The number of carbonyl (C=O) groups is 1. The van der Waals surface area contributed by atoms with Crippen molar-refractivity contribution in [2.45, 2.75) is 64.5 Å². The van der Waals surface area contributed by atoms with Crippen molar-refractivity contribution in [3.05, 3.63) is 66.3 Å². The molecule has 3 aromatic rings. The van der Waals surface area contributed by atoms with Gasteiger partial charge in [0.1, 0.15) is 18.0 Å². The second-order valence-electron chi connectivity index (χ2n) is 10.6. The minimum Gasteiger partial charge on any atom is -0.382 e. The van der Waals surface area contributed by atoms with E-state index in [1.165, 1.54) is 4.57 Å². The van der Waals surface area contributed by atoms with E-state index in [1.807, 2.05) is 36.0 Å². The molecule has 1 unspecified atom stereocenters. The van der Waals surface area contributed by atoms with Gasteiger partial charge in [-0.1, -0.05) is 17.8 Å². The van der Waals surface area contributed by atoms with Crippen molar-refractivity contribution in [3.63, 3.8) is 0 Å². The van der Waals surface area contributed by atoms with Gasteiger partial charge in [-0.3, -0.25) is 4.79 Å². The summed E-state index contributed by atoms with van der Waals surface area (Å²) in [5.74, 6) is 0.398. The number of aromatic nitrogens is 2. The topological polar surface area (TPSA) is 99.0 Å². The summed E-state index contributed by atoms with van der Waals surface area (Å²) in [5, 5.41) is 8.47. The van der Waals surface area contributed by atoms with Crippen LogP contribution in [-0.4, -0.2) is 71.7 Å². The number of likely N-dealkylation sites (tertiary alicyclic amines) is 1. The van der Waals surface area contributed by atoms with Crippen LogP contribution in [-0.2, 0) is 33.9 Å². The highest BCUT2D eigenvalue weighted by Gasteiger charge is 2.31. The van der Waals surface area contributed by atoms with E-state index in [2.05, 4.69) is 34.7 Å². The number of benzene rings is 1. The molecule has 1 saturated heterocycles. The molecule has 0 saturated carbocycles. The summed E-state index contributed by atoms with van der Waals surface area (Å²) in [6.07, 6.45) is 2.28. The highest BCUT2D eigenvalue weighted by atomic mass is 19.4. The molecule has 230 valence electrons. The molecule has 0 spiro atoms. The Morgan fingerprint density at radius 2 is 1.98 bits per heavy atom. The molecule has 1 amide bonds. The molecule has 1 fully saturated rings. The van der Waals surface area contributed by atoms with Crippen LogP contribution < -0.4 is 11.1 Å². The zero-order valence-corrected chi connectivity index (χ0v) is 24.7. The fourth-order valence-corrected chi connectivity index (χ4v) is 4.95. The molecule has 1 aromatic carbocycles. The normalized spacial score (nSPS) is 15.6. The monoisotopic (exact) mass is 590 g/mol. The quantitative estimate of drug-likeness (QED) is 0.139. The number of alkyl halides is 3. The van der Waals surface area contributed by atoms with Crippen LogP contribution in [0.1, 0.15) is 37.9 Å². The summed E-state index contributed by atoms with van der Waals surface area (Å²) in [6, 6.07) is 9.43. The minimum absolute atomic E-state index is 0.0838. The predicted octanol–water partition coefficient (Wildman–Crippen LogP) is 5.14. The second-order valence-corrected chi connectivity index (χ2v) is 10.6. The number of hydrogen-bond acceptors (Lipinski definition) is 6. The molecule has 12 heteroatoms. The number of primary amides is 1. The molecule has 1 aliphatic rings. The maximum atomic E-state index is 13.6. The maximum absolute atomic E-state index is 13.6. The molecule has 42 heavy (non-hydrogen) atoms. The van der Waals surface area contributed by atoms with E-state index in [9.17, 15) is 13.2 Å². The highest BCUT2D eigenvalue weighted by Crippen LogP contribution is 2.32. The molecule has 3 N–H and O–H groups in total. The molecule has 1 aliphatic heterocycles. The number of nitrogens with one attached hydrogen (secondary N) is 1. The zero-order valence-electron chi connectivity index (χ0n) is 24.7. The molecular formula is C30H41F3N6O3. The molecule has 3 heterocycles. The molecule has 4 rings (SSSR count). The van der Waals surface area contributed by atoms with Gasteiger partial charge in [0.05, 0.1) is 17.3 Å². The van der Waals surface area contributed by atoms with Crippen molar-refractivity contribution in [2.75, 3.05) is 32.6 Å². The van der Waals surface area contributed by atoms with E-state index in [4.69, 9.17) is 14.4 Å². The van der Waals surface area contributed by atoms with E-state index in [-0.39, 0.29) is 18.6 Å². The van der Waals surface area contributed by atoms with Crippen LogP contribution in [0.15, 0.2) is 60.2 Å². The molecule has 9 nitrogen and oxygen atoms in total. The first-order valence-corrected chi connectivity index (χ1v) is 13.8. The van der Waals surface area contributed by atoms with E-state index >= 15 is 0 Å². The van der Waals surface area contributed by atoms with E-state index in [0.29, 0.717) is 29.1 Å². The van der Waals surface area contributed by atoms with Gasteiger partial charge in [0.2, 0.25) is 6.41 Å². The van der Waals surface area contributed by atoms with Gasteiger partial charge in [-0.05, 0) is 76.7 Å². The number of fused-ring (bicyclic) bond motifs is 1. The first kappa shape index (κ1) is 32.7. The van der Waals surface area contributed by atoms with Crippen molar-refractivity contribution in [2.24, 2.45) is 10.9 Å². The number of carbonyl (C=O) groups excluding carboxylic acids is 1. The third kappa shape index (κ3) is 9.38. The average Bonchev–Trinajstić information content (AvgIpc) is 3.52. The Bertz CT molecular complexity index is 1360. The van der Waals surface area contributed by atoms with Gasteiger partial charge in [0, 0.05) is 49.6 Å². The summed E-state index contributed by atoms with van der Waals surface area (Å²) in [6.45, 7) is 9.16. The lowest BCUT2D eigenvalue weighted by Crippen LogP contribution is -2.36. The SMILES string of the molecule is C=C(Cc1ccn(CC(C)OC)c1)O/N=C(\C)c1cc2c(NC3CCN(C)CC3)cccc2n1CC(F)(F)F.NC=O. The first-order chi connectivity index (χ1) is 19.9. The van der Waals surface area contributed by atoms with Gasteiger partial charge >= 0.3 is 6.18 Å². The average molecular weight is 591 g/mol. The maximum Gasteiger partial charge on any atom is 0.406 e. The predicted molar refractivity (Wildman–Crippen MR) is 159 cm³/mol. The second kappa shape index (κ2) is 14.9. The number of oxime groups is 1. The van der Waals surface area contributed by atoms with Crippen LogP contribution in [0, 0.1) is 0 Å². The number of anilines is 1. The first-order valence-electron chi connectivity index (χ1n) is 13.8. The Labute approximate surface area is 244 Å². The fraction of sp³-hybridized carbons (Fsp3) is 0.467. The van der Waals surface area contributed by atoms with E-state index in [1.54, 1.807) is 32.2 Å². The number of amides is 1. The van der Waals surface area contributed by atoms with E-state index < -0.39 is 12.7 Å². The number of allylic oxidation sites excluding steroid dienone is 1. The van der Waals surface area contributed by atoms with Crippen LogP contribution >= 0.6 is 0 Å². The number of hydrogen-bond donors (Lipinski definition) is 2. The lowest BCUT2D eigenvalue weighted by atomic mass is 10.0. The number of rotatable bonds is 11. The largest absolute Gasteiger partial charge is 0.406 e. The van der Waals surface area contributed by atoms with Crippen molar-refractivity contribution in [3.8, 4) is 0 Å². The fourth-order valence-electron chi connectivity index (χ4n) is 4.95. The summed E-state index contributed by atoms with van der Waals surface area (Å²) >= 11 is 0. The van der Waals surface area contributed by atoms with Gasteiger partial charge in [-0.25, -0.2) is 0 Å². The Hall–Kier alpha value is -3.77. The van der Waals surface area contributed by atoms with Gasteiger partial charge in [0.15, 0.2) is 0 Å². The Morgan fingerprint density at radius 1 is 1.29 bits per heavy atom. The summed E-state index contributed by atoms with van der Waals surface area (Å²) < 4.78 is 49.5. The molecule has 0 radical (unpaired) electrons. The molecule has 0 bridgehead atoms.